The van der Waals surface area contributed by atoms with Gasteiger partial charge in [-0.25, -0.2) is 0 Å². The average Bonchev–Trinajstić information content (AvgIpc) is 2.91. The summed E-state index contributed by atoms with van der Waals surface area (Å²) in [6.07, 6.45) is 9.37. The van der Waals surface area contributed by atoms with Gasteiger partial charge in [0.05, 0.1) is 24.1 Å². The molecule has 0 N–H and O–H groups in total. The first-order valence-corrected chi connectivity index (χ1v) is 8.85. The first-order valence-electron chi connectivity index (χ1n) is 5.99. The zero-order valence-electron chi connectivity index (χ0n) is 9.27. The van der Waals surface area contributed by atoms with Gasteiger partial charge in [-0.1, -0.05) is 25.7 Å². The SMILES string of the molecule is S=P(OCl)(OC1CCCC1)OC1CCCC1. The molecule has 2 saturated carbocycles. The Morgan fingerprint density at radius 1 is 0.875 bits per heavy atom. The molecule has 94 valence electrons. The van der Waals surface area contributed by atoms with Crippen molar-refractivity contribution in [1.82, 2.24) is 0 Å². The summed E-state index contributed by atoms with van der Waals surface area (Å²) in [4.78, 5) is 0. The summed E-state index contributed by atoms with van der Waals surface area (Å²) in [5, 5.41) is 0. The molecule has 2 aliphatic rings. The first kappa shape index (κ1) is 13.3. The third kappa shape index (κ3) is 3.66. The second-order valence-corrected chi connectivity index (χ2v) is 7.75. The third-order valence-corrected chi connectivity index (χ3v) is 6.06. The number of hydrogen-bond acceptors (Lipinski definition) is 4. The van der Waals surface area contributed by atoms with E-state index in [1.807, 2.05) is 0 Å². The summed E-state index contributed by atoms with van der Waals surface area (Å²) in [5.74, 6) is 0. The maximum absolute atomic E-state index is 5.76. The van der Waals surface area contributed by atoms with Crippen LogP contribution >= 0.6 is 18.6 Å². The van der Waals surface area contributed by atoms with Crippen molar-refractivity contribution in [2.75, 3.05) is 0 Å². The highest BCUT2D eigenvalue weighted by Gasteiger charge is 2.31. The summed E-state index contributed by atoms with van der Waals surface area (Å²) in [7, 11) is 0. The summed E-state index contributed by atoms with van der Waals surface area (Å²) in [6, 6.07) is 0. The van der Waals surface area contributed by atoms with Crippen LogP contribution in [-0.2, 0) is 24.9 Å². The molecule has 2 aliphatic carbocycles. The molecule has 0 atom stereocenters. The topological polar surface area (TPSA) is 27.7 Å². The minimum atomic E-state index is -2.70. The van der Waals surface area contributed by atoms with Crippen LogP contribution in [-0.4, -0.2) is 12.2 Å². The van der Waals surface area contributed by atoms with E-state index in [2.05, 4.69) is 0 Å². The van der Waals surface area contributed by atoms with E-state index in [0.29, 0.717) is 0 Å². The van der Waals surface area contributed by atoms with Crippen LogP contribution in [0, 0.1) is 0 Å². The van der Waals surface area contributed by atoms with Crippen LogP contribution in [0.25, 0.3) is 0 Å². The van der Waals surface area contributed by atoms with Crippen molar-refractivity contribution < 1.29 is 13.1 Å². The summed E-state index contributed by atoms with van der Waals surface area (Å²) < 4.78 is 16.3. The van der Waals surface area contributed by atoms with Crippen LogP contribution < -0.4 is 0 Å². The molecule has 0 unspecified atom stereocenters. The Bertz CT molecular complexity index is 243. The van der Waals surface area contributed by atoms with Gasteiger partial charge in [-0.3, -0.25) is 0 Å². The molecule has 0 amide bonds. The largest absolute Gasteiger partial charge is 0.344 e. The van der Waals surface area contributed by atoms with Gasteiger partial charge in [-0.15, -0.1) is 0 Å². The van der Waals surface area contributed by atoms with Crippen LogP contribution in [0.1, 0.15) is 51.4 Å². The summed E-state index contributed by atoms with van der Waals surface area (Å²) in [6.45, 7) is -2.70. The zero-order valence-corrected chi connectivity index (χ0v) is 11.7. The third-order valence-electron chi connectivity index (χ3n) is 3.25. The van der Waals surface area contributed by atoms with Crippen molar-refractivity contribution in [3.05, 3.63) is 0 Å². The van der Waals surface area contributed by atoms with Crippen LogP contribution in [0.5, 0.6) is 0 Å². The highest BCUT2D eigenvalue weighted by Crippen LogP contribution is 2.56. The normalized spacial score (nSPS) is 24.3. The van der Waals surface area contributed by atoms with Crippen LogP contribution in [0.4, 0.5) is 0 Å². The van der Waals surface area contributed by atoms with E-state index in [-0.39, 0.29) is 12.2 Å². The highest BCUT2D eigenvalue weighted by molar-refractivity contribution is 8.07. The second kappa shape index (κ2) is 6.12. The van der Waals surface area contributed by atoms with Crippen molar-refractivity contribution in [1.29, 1.82) is 0 Å². The number of halogens is 1. The van der Waals surface area contributed by atoms with Gasteiger partial charge in [0.2, 0.25) is 0 Å². The predicted octanol–water partition coefficient (Wildman–Crippen LogP) is 4.30. The molecule has 2 fully saturated rings. The maximum Gasteiger partial charge on any atom is 0.344 e. The lowest BCUT2D eigenvalue weighted by molar-refractivity contribution is 0.118. The van der Waals surface area contributed by atoms with E-state index < -0.39 is 6.72 Å². The van der Waals surface area contributed by atoms with Crippen molar-refractivity contribution in [3.8, 4) is 0 Å². The molecular formula is C10H18ClO3PS. The van der Waals surface area contributed by atoms with Crippen molar-refractivity contribution in [2.24, 2.45) is 0 Å². The van der Waals surface area contributed by atoms with Gasteiger partial charge in [0.1, 0.15) is 0 Å². The Morgan fingerprint density at radius 3 is 1.56 bits per heavy atom. The standard InChI is InChI=1S/C10H18ClO3PS/c11-14-15(16,12-9-5-1-2-6-9)13-10-7-3-4-8-10/h9-10H,1-8H2. The van der Waals surface area contributed by atoms with Gasteiger partial charge in [0, 0.05) is 0 Å². The van der Waals surface area contributed by atoms with Gasteiger partial charge >= 0.3 is 6.72 Å². The molecule has 2 rings (SSSR count). The quantitative estimate of drug-likeness (QED) is 0.704. The van der Waals surface area contributed by atoms with Gasteiger partial charge in [-0.05, 0) is 37.5 Å². The molecule has 16 heavy (non-hydrogen) atoms. The van der Waals surface area contributed by atoms with E-state index in [9.17, 15) is 0 Å². The Labute approximate surface area is 107 Å². The molecule has 3 nitrogen and oxygen atoms in total. The zero-order chi connectivity index (χ0) is 11.4. The van der Waals surface area contributed by atoms with Crippen LogP contribution in [0.3, 0.4) is 0 Å². The van der Waals surface area contributed by atoms with Gasteiger partial charge in [0.25, 0.3) is 0 Å². The van der Waals surface area contributed by atoms with Crippen LogP contribution in [0.15, 0.2) is 0 Å². The molecule has 0 spiro atoms. The minimum absolute atomic E-state index is 0.186. The maximum atomic E-state index is 5.76. The molecule has 0 saturated heterocycles. The van der Waals surface area contributed by atoms with Crippen molar-refractivity contribution in [2.45, 2.75) is 63.6 Å². The smallest absolute Gasteiger partial charge is 0.304 e. The van der Waals surface area contributed by atoms with E-state index in [4.69, 9.17) is 36.8 Å². The Balaban J connectivity index is 1.86. The van der Waals surface area contributed by atoms with E-state index >= 15 is 0 Å². The molecular weight excluding hydrogens is 267 g/mol. The minimum Gasteiger partial charge on any atom is -0.304 e. The molecule has 0 bridgehead atoms. The Kier molecular flexibility index (Phi) is 5.07. The van der Waals surface area contributed by atoms with Crippen molar-refractivity contribution in [3.63, 3.8) is 0 Å². The molecule has 0 aliphatic heterocycles. The van der Waals surface area contributed by atoms with Crippen molar-refractivity contribution >= 4 is 30.4 Å². The Morgan fingerprint density at radius 2 is 1.25 bits per heavy atom. The molecule has 0 aromatic heterocycles. The van der Waals surface area contributed by atoms with Gasteiger partial charge in [0.15, 0.2) is 0 Å². The lowest BCUT2D eigenvalue weighted by Crippen LogP contribution is -2.12. The molecule has 0 aromatic rings. The fourth-order valence-corrected chi connectivity index (χ4v) is 4.60. The molecule has 0 radical (unpaired) electrons. The predicted molar refractivity (Wildman–Crippen MR) is 67.9 cm³/mol. The molecule has 0 aromatic carbocycles. The monoisotopic (exact) mass is 284 g/mol. The molecule has 0 heterocycles. The van der Waals surface area contributed by atoms with E-state index in [0.717, 1.165) is 25.7 Å². The van der Waals surface area contributed by atoms with E-state index in [1.165, 1.54) is 25.7 Å². The number of rotatable bonds is 5. The van der Waals surface area contributed by atoms with Gasteiger partial charge < -0.3 is 9.05 Å². The van der Waals surface area contributed by atoms with Gasteiger partial charge in [-0.2, -0.15) is 4.08 Å². The fourth-order valence-electron chi connectivity index (χ4n) is 2.41. The van der Waals surface area contributed by atoms with E-state index in [1.54, 1.807) is 0 Å². The van der Waals surface area contributed by atoms with Crippen LogP contribution in [0.2, 0.25) is 0 Å². The summed E-state index contributed by atoms with van der Waals surface area (Å²) >= 11 is 10.7. The lowest BCUT2D eigenvalue weighted by Gasteiger charge is -2.24. The molecule has 6 heteroatoms. The summed E-state index contributed by atoms with van der Waals surface area (Å²) in [5.41, 5.74) is 0. The average molecular weight is 285 g/mol. The second-order valence-electron chi connectivity index (χ2n) is 4.54. The first-order chi connectivity index (χ1) is 7.72. The lowest BCUT2D eigenvalue weighted by atomic mass is 10.3. The number of hydrogen-bond donors (Lipinski definition) is 0. The highest BCUT2D eigenvalue weighted by atomic mass is 35.5. The Hall–Kier alpha value is 0.820. The fraction of sp³-hybridized carbons (Fsp3) is 1.00.